The molecule has 246 valence electrons. The van der Waals surface area contributed by atoms with E-state index in [1.807, 2.05) is 0 Å². The maximum Gasteiger partial charge on any atom is 0.408 e. The second kappa shape index (κ2) is 9.40. The molecule has 3 saturated carbocycles. The SMILES string of the molecule is CC[C@@]1(O)C(=O)OCc2c1cc1n(c2=O)Cc2c-1nc1cc(F)c(C)c3c1c2C(NC(=O)C12CC(NC(=O)OC(C)(C)C)(C1)C2)CC3. The molecule has 1 unspecified atom stereocenters. The Morgan fingerprint density at radius 2 is 1.89 bits per heavy atom. The van der Waals surface area contributed by atoms with Gasteiger partial charge in [0.25, 0.3) is 5.56 Å². The molecule has 3 N–H and O–H groups in total. The third-order valence-electron chi connectivity index (χ3n) is 11.0. The molecule has 0 radical (unpaired) electrons. The van der Waals surface area contributed by atoms with Crippen LogP contribution in [0.1, 0.15) is 99.2 Å². The number of nitrogens with one attached hydrogen (secondary N) is 2. The molecule has 3 fully saturated rings. The number of carbonyl (C=O) groups excluding carboxylic acids is 3. The third-order valence-corrected chi connectivity index (χ3v) is 11.0. The zero-order chi connectivity index (χ0) is 33.4. The van der Waals surface area contributed by atoms with Crippen LogP contribution in [0.2, 0.25) is 0 Å². The van der Waals surface area contributed by atoms with Crippen molar-refractivity contribution in [2.24, 2.45) is 5.41 Å². The molecule has 4 heterocycles. The number of esters is 1. The summed E-state index contributed by atoms with van der Waals surface area (Å²) >= 11 is 0. The van der Waals surface area contributed by atoms with Gasteiger partial charge in [-0.25, -0.2) is 19.0 Å². The number of aliphatic hydroxyl groups is 1. The van der Waals surface area contributed by atoms with E-state index in [1.54, 1.807) is 45.3 Å². The number of rotatable bonds is 4. The number of aromatic nitrogens is 2. The zero-order valence-corrected chi connectivity index (χ0v) is 27.1. The van der Waals surface area contributed by atoms with Crippen molar-refractivity contribution in [2.45, 2.75) is 109 Å². The Hall–Kier alpha value is -4.32. The van der Waals surface area contributed by atoms with Crippen molar-refractivity contribution in [3.8, 4) is 11.4 Å². The molecular formula is C35H37FN4O7. The van der Waals surface area contributed by atoms with Gasteiger partial charge < -0.3 is 29.8 Å². The van der Waals surface area contributed by atoms with Crippen LogP contribution in [-0.4, -0.2) is 43.8 Å². The molecule has 6 aliphatic rings. The fourth-order valence-electron chi connectivity index (χ4n) is 8.69. The van der Waals surface area contributed by atoms with Crippen molar-refractivity contribution in [3.63, 3.8) is 0 Å². The molecule has 12 heteroatoms. The number of benzene rings is 1. The topological polar surface area (TPSA) is 149 Å². The Morgan fingerprint density at radius 3 is 2.57 bits per heavy atom. The van der Waals surface area contributed by atoms with E-state index in [-0.39, 0.29) is 48.0 Å². The molecule has 0 saturated heterocycles. The second-order valence-electron chi connectivity index (χ2n) is 15.1. The van der Waals surface area contributed by atoms with Gasteiger partial charge in [-0.2, -0.15) is 0 Å². The average molecular weight is 645 g/mol. The molecule has 0 spiro atoms. The van der Waals surface area contributed by atoms with Crippen LogP contribution in [0.25, 0.3) is 22.3 Å². The minimum absolute atomic E-state index is 0.0171. The Balaban J connectivity index is 1.17. The maximum atomic E-state index is 15.2. The van der Waals surface area contributed by atoms with E-state index in [9.17, 15) is 24.3 Å². The zero-order valence-electron chi connectivity index (χ0n) is 27.1. The largest absolute Gasteiger partial charge is 0.458 e. The Morgan fingerprint density at radius 1 is 1.17 bits per heavy atom. The van der Waals surface area contributed by atoms with Gasteiger partial charge in [-0.15, -0.1) is 0 Å². The fourth-order valence-corrected chi connectivity index (χ4v) is 8.69. The van der Waals surface area contributed by atoms with Crippen LogP contribution in [0.4, 0.5) is 9.18 Å². The number of hydrogen-bond acceptors (Lipinski definition) is 8. The van der Waals surface area contributed by atoms with Crippen molar-refractivity contribution in [1.82, 2.24) is 20.2 Å². The highest BCUT2D eigenvalue weighted by Gasteiger charge is 2.72. The van der Waals surface area contributed by atoms with Crippen molar-refractivity contribution in [1.29, 1.82) is 0 Å². The standard InChI is InChI=1S/C35H37FN4O7/c1-6-35(45)20-9-24-27-18(11-40(24)28(41)19(20)12-46-30(35)43)26-22(8-7-17-16(2)21(36)10-23(37-27)25(17)26)38-29(42)33-13-34(14-33,15-33)39-31(44)47-32(3,4)5/h9-10,22,45H,6-8,11-15H2,1-5H3,(H,38,42)(H,39,44)/t22?,33?,34?,35-/m0/s1. The minimum Gasteiger partial charge on any atom is -0.458 e. The number of halogens is 1. The summed E-state index contributed by atoms with van der Waals surface area (Å²) in [4.78, 5) is 57.7. The van der Waals surface area contributed by atoms with Crippen LogP contribution >= 0.6 is 0 Å². The predicted molar refractivity (Wildman–Crippen MR) is 167 cm³/mol. The van der Waals surface area contributed by atoms with E-state index >= 15 is 4.39 Å². The van der Waals surface area contributed by atoms with Gasteiger partial charge >= 0.3 is 12.1 Å². The van der Waals surface area contributed by atoms with Gasteiger partial charge in [0.1, 0.15) is 18.0 Å². The van der Waals surface area contributed by atoms with Crippen molar-refractivity contribution in [3.05, 3.63) is 61.7 Å². The van der Waals surface area contributed by atoms with E-state index in [4.69, 9.17) is 14.5 Å². The van der Waals surface area contributed by atoms with Crippen LogP contribution < -0.4 is 16.2 Å². The fraction of sp³-hybridized carbons (Fsp3) is 0.514. The van der Waals surface area contributed by atoms with Gasteiger partial charge in [-0.05, 0) is 89.0 Å². The van der Waals surface area contributed by atoms with Gasteiger partial charge in [-0.1, -0.05) is 6.92 Å². The summed E-state index contributed by atoms with van der Waals surface area (Å²) < 4.78 is 27.4. The van der Waals surface area contributed by atoms with Gasteiger partial charge in [-0.3, -0.25) is 9.59 Å². The smallest absolute Gasteiger partial charge is 0.408 e. The first kappa shape index (κ1) is 30.0. The summed E-state index contributed by atoms with van der Waals surface area (Å²) in [7, 11) is 0. The number of fused-ring (bicyclic) bond motifs is 5. The molecule has 2 aliphatic heterocycles. The Kier molecular flexibility index (Phi) is 6.01. The summed E-state index contributed by atoms with van der Waals surface area (Å²) in [5, 5.41) is 18.3. The number of alkyl carbamates (subject to hydrolysis) is 1. The highest BCUT2D eigenvalue weighted by Crippen LogP contribution is 2.67. The second-order valence-corrected chi connectivity index (χ2v) is 15.1. The van der Waals surface area contributed by atoms with E-state index < -0.39 is 40.3 Å². The van der Waals surface area contributed by atoms with Crippen LogP contribution in [0.5, 0.6) is 0 Å². The maximum absolute atomic E-state index is 15.2. The first-order chi connectivity index (χ1) is 22.1. The van der Waals surface area contributed by atoms with Gasteiger partial charge in [0, 0.05) is 28.1 Å². The molecule has 2 amide bonds. The van der Waals surface area contributed by atoms with E-state index in [0.717, 1.165) is 22.1 Å². The Bertz CT molecular complexity index is 2030. The summed E-state index contributed by atoms with van der Waals surface area (Å²) in [6.45, 7) is 8.73. The van der Waals surface area contributed by atoms with Gasteiger partial charge in [0.05, 0.1) is 40.5 Å². The minimum atomic E-state index is -1.97. The molecule has 3 aromatic rings. The molecule has 2 bridgehead atoms. The monoisotopic (exact) mass is 644 g/mol. The highest BCUT2D eigenvalue weighted by atomic mass is 19.1. The number of hydrogen-bond donors (Lipinski definition) is 3. The molecule has 2 aromatic heterocycles. The molecule has 47 heavy (non-hydrogen) atoms. The highest BCUT2D eigenvalue weighted by molar-refractivity contribution is 5.95. The van der Waals surface area contributed by atoms with Crippen LogP contribution in [0, 0.1) is 18.2 Å². The predicted octanol–water partition coefficient (Wildman–Crippen LogP) is 4.08. The van der Waals surface area contributed by atoms with E-state index in [1.165, 1.54) is 6.07 Å². The molecule has 1 aromatic carbocycles. The molecular weight excluding hydrogens is 607 g/mol. The molecule has 4 aliphatic carbocycles. The van der Waals surface area contributed by atoms with Crippen molar-refractivity contribution in [2.75, 3.05) is 0 Å². The number of cyclic esters (lactones) is 1. The third kappa shape index (κ3) is 4.09. The van der Waals surface area contributed by atoms with E-state index in [0.29, 0.717) is 54.6 Å². The van der Waals surface area contributed by atoms with Crippen LogP contribution in [0.15, 0.2) is 16.9 Å². The summed E-state index contributed by atoms with van der Waals surface area (Å²) in [6.07, 6.45) is 2.17. The summed E-state index contributed by atoms with van der Waals surface area (Å²) in [5.74, 6) is -1.28. The first-order valence-corrected chi connectivity index (χ1v) is 16.2. The Labute approximate surface area is 269 Å². The van der Waals surface area contributed by atoms with Crippen LogP contribution in [0.3, 0.4) is 0 Å². The summed E-state index contributed by atoms with van der Waals surface area (Å²) in [5.41, 5.74) is 0.668. The van der Waals surface area contributed by atoms with Crippen LogP contribution in [-0.2, 0) is 44.2 Å². The number of nitrogens with zero attached hydrogens (tertiary/aromatic N) is 2. The van der Waals surface area contributed by atoms with Gasteiger partial charge in [0.15, 0.2) is 5.60 Å². The number of pyridine rings is 2. The first-order valence-electron chi connectivity index (χ1n) is 16.2. The van der Waals surface area contributed by atoms with Crippen molar-refractivity contribution < 1.29 is 33.4 Å². The average Bonchev–Trinajstić information content (AvgIpc) is 3.33. The number of aryl methyl sites for hydroxylation is 1. The van der Waals surface area contributed by atoms with Gasteiger partial charge in [0.2, 0.25) is 5.91 Å². The molecule has 9 rings (SSSR count). The van der Waals surface area contributed by atoms with Crippen molar-refractivity contribution >= 4 is 28.9 Å². The number of ether oxygens (including phenoxy) is 2. The van der Waals surface area contributed by atoms with E-state index in [2.05, 4.69) is 10.6 Å². The number of carbonyl (C=O) groups is 3. The summed E-state index contributed by atoms with van der Waals surface area (Å²) in [6, 6.07) is 2.62. The lowest BCUT2D eigenvalue weighted by Gasteiger charge is -2.69. The molecule has 11 nitrogen and oxygen atoms in total. The normalized spacial score (nSPS) is 27.9. The lowest BCUT2D eigenvalue weighted by atomic mass is 9.39. The quantitative estimate of drug-likeness (QED) is 0.282. The number of amides is 2. The molecule has 2 atom stereocenters. The lowest BCUT2D eigenvalue weighted by Crippen LogP contribution is -2.78. The lowest BCUT2D eigenvalue weighted by molar-refractivity contribution is -0.180.